The van der Waals surface area contributed by atoms with Gasteiger partial charge in [-0.25, -0.2) is 9.78 Å². The zero-order chi connectivity index (χ0) is 31.0. The average molecular weight is 654 g/mol. The van der Waals surface area contributed by atoms with Crippen LogP contribution in [0.2, 0.25) is 0 Å². The molecular weight excluding hydrogens is 619 g/mol. The Morgan fingerprint density at radius 1 is 1.20 bits per heavy atom. The Hall–Kier alpha value is -1.92. The maximum Gasteiger partial charge on any atom is 0.353 e. The summed E-state index contributed by atoms with van der Waals surface area (Å²) in [4.78, 5) is 55.0. The minimum absolute atomic E-state index is 0.0726. The van der Waals surface area contributed by atoms with Crippen molar-refractivity contribution in [1.29, 1.82) is 0 Å². The number of pyridine rings is 1. The second-order valence-electron chi connectivity index (χ2n) is 10.5. The monoisotopic (exact) mass is 653 g/mol. The molecule has 0 saturated carbocycles. The Bertz CT molecular complexity index is 1190. The molecule has 41 heavy (non-hydrogen) atoms. The molecule has 2 amide bonds. The fourth-order valence-corrected chi connectivity index (χ4v) is 8.16. The first kappa shape index (κ1) is 35.3. The molecule has 1 N–H and O–H groups in total. The lowest BCUT2D eigenvalue weighted by Crippen LogP contribution is -2.40. The maximum absolute atomic E-state index is 12.5. The predicted molar refractivity (Wildman–Crippen MR) is 157 cm³/mol. The molecule has 0 aromatic carbocycles. The third-order valence-electron chi connectivity index (χ3n) is 5.79. The average Bonchev–Trinajstić information content (AvgIpc) is 3.18. The van der Waals surface area contributed by atoms with Crippen molar-refractivity contribution in [3.8, 4) is 0 Å². The molecule has 2 unspecified atom stereocenters. The summed E-state index contributed by atoms with van der Waals surface area (Å²) in [6.45, 7) is 10.1. The molecule has 2 heterocycles. The van der Waals surface area contributed by atoms with E-state index in [0.717, 1.165) is 0 Å². The van der Waals surface area contributed by atoms with E-state index in [2.05, 4.69) is 4.98 Å². The van der Waals surface area contributed by atoms with E-state index in [-0.39, 0.29) is 41.7 Å². The van der Waals surface area contributed by atoms with E-state index in [1.807, 2.05) is 34.6 Å². The van der Waals surface area contributed by atoms with Gasteiger partial charge in [0.15, 0.2) is 5.25 Å². The van der Waals surface area contributed by atoms with Crippen molar-refractivity contribution in [2.24, 2.45) is 0 Å². The first-order valence-corrected chi connectivity index (χ1v) is 17.4. The van der Waals surface area contributed by atoms with Crippen LogP contribution in [0.4, 0.5) is 5.69 Å². The molecule has 1 aromatic rings. The summed E-state index contributed by atoms with van der Waals surface area (Å²) in [7, 11) is -1.95. The zero-order valence-electron chi connectivity index (χ0n) is 23.4. The third-order valence-corrected chi connectivity index (χ3v) is 11.2. The van der Waals surface area contributed by atoms with E-state index in [1.165, 1.54) is 33.9 Å². The molecule has 17 heteroatoms. The van der Waals surface area contributed by atoms with Gasteiger partial charge in [-0.3, -0.25) is 24.3 Å². The molecule has 1 aliphatic heterocycles. The lowest BCUT2D eigenvalue weighted by atomic mass is 10.1. The number of hydroxylamine groups is 2. The molecule has 2 rings (SSSR count). The highest BCUT2D eigenvalue weighted by molar-refractivity contribution is 8.76. The number of imide groups is 1. The fraction of sp³-hybridized carbons (Fsp3) is 0.667. The van der Waals surface area contributed by atoms with Crippen LogP contribution in [-0.4, -0.2) is 78.9 Å². The molecule has 13 nitrogen and oxygen atoms in total. The summed E-state index contributed by atoms with van der Waals surface area (Å²) in [5.41, 5.74) is -0.584. The Labute approximate surface area is 251 Å². The SMILES string of the molecule is CCC(CCC(C(=O)ON1C(=O)CCC1=O)S(=O)(=O)O)SC(C)(C)COC(C)(C)CSSc1ccc([N+](=O)[O-])cn1. The van der Waals surface area contributed by atoms with Gasteiger partial charge >= 0.3 is 5.97 Å². The number of rotatable bonds is 17. The molecule has 1 aromatic heterocycles. The van der Waals surface area contributed by atoms with Crippen molar-refractivity contribution in [2.45, 2.75) is 92.6 Å². The van der Waals surface area contributed by atoms with Gasteiger partial charge in [0.1, 0.15) is 11.2 Å². The number of amides is 2. The lowest BCUT2D eigenvalue weighted by molar-refractivity contribution is -0.385. The van der Waals surface area contributed by atoms with Crippen molar-refractivity contribution < 1.29 is 41.9 Å². The summed E-state index contributed by atoms with van der Waals surface area (Å²) < 4.78 is 39.3. The van der Waals surface area contributed by atoms with E-state index in [4.69, 9.17) is 9.57 Å². The van der Waals surface area contributed by atoms with Crippen molar-refractivity contribution in [3.05, 3.63) is 28.4 Å². The van der Waals surface area contributed by atoms with E-state index in [1.54, 1.807) is 17.8 Å². The van der Waals surface area contributed by atoms with Crippen molar-refractivity contribution >= 4 is 66.9 Å². The normalized spacial score (nSPS) is 16.1. The van der Waals surface area contributed by atoms with Gasteiger partial charge in [0.25, 0.3) is 27.6 Å². The molecule has 0 aliphatic carbocycles. The number of carbonyl (C=O) groups excluding carboxylic acids is 3. The Morgan fingerprint density at radius 3 is 2.34 bits per heavy atom. The number of carbonyl (C=O) groups is 3. The van der Waals surface area contributed by atoms with Crippen molar-refractivity contribution in [1.82, 2.24) is 10.0 Å². The Balaban J connectivity index is 1.87. The quantitative estimate of drug-likeness (QED) is 0.0817. The van der Waals surface area contributed by atoms with Crippen LogP contribution in [0.5, 0.6) is 0 Å². The Kier molecular flexibility index (Phi) is 12.9. The second kappa shape index (κ2) is 15.0. The number of thioether (sulfide) groups is 1. The van der Waals surface area contributed by atoms with Crippen LogP contribution < -0.4 is 0 Å². The number of nitrogens with zero attached hydrogens (tertiary/aromatic N) is 3. The van der Waals surface area contributed by atoms with Gasteiger partial charge in [0.2, 0.25) is 0 Å². The number of aromatic nitrogens is 1. The molecular formula is C24H35N3O10S4. The van der Waals surface area contributed by atoms with Crippen LogP contribution >= 0.6 is 33.3 Å². The fourth-order valence-electron chi connectivity index (χ4n) is 3.54. The second-order valence-corrected chi connectivity index (χ2v) is 16.4. The zero-order valence-corrected chi connectivity index (χ0v) is 26.7. The van der Waals surface area contributed by atoms with Gasteiger partial charge in [-0.2, -0.15) is 8.42 Å². The van der Waals surface area contributed by atoms with Crippen LogP contribution in [0.15, 0.2) is 23.4 Å². The lowest BCUT2D eigenvalue weighted by Gasteiger charge is -2.33. The Morgan fingerprint density at radius 2 is 1.83 bits per heavy atom. The van der Waals surface area contributed by atoms with E-state index >= 15 is 0 Å². The minimum Gasteiger partial charge on any atom is -0.373 e. The van der Waals surface area contributed by atoms with Gasteiger partial charge in [-0.15, -0.1) is 16.8 Å². The number of hydrogen-bond acceptors (Lipinski definition) is 13. The van der Waals surface area contributed by atoms with E-state index in [9.17, 15) is 37.5 Å². The van der Waals surface area contributed by atoms with Crippen LogP contribution in [0, 0.1) is 10.1 Å². The molecule has 0 bridgehead atoms. The molecule has 1 fully saturated rings. The van der Waals surface area contributed by atoms with Crippen LogP contribution in [0.25, 0.3) is 0 Å². The standard InChI is InChI=1S/C24H35N3O10S4/c1-6-17(8-9-18(41(33,34)35)22(30)37-26-20(28)11-12-21(26)29)39-24(4,5)14-36-23(2,3)15-38-40-19-10-7-16(13-25-19)27(31)32/h7,10,13,17-18H,6,8-9,11-12,14-15H2,1-5H3,(H,33,34,35). The number of ether oxygens (including phenoxy) is 1. The highest BCUT2D eigenvalue weighted by Gasteiger charge is 2.39. The summed E-state index contributed by atoms with van der Waals surface area (Å²) >= 11 is 1.56. The topological polar surface area (TPSA) is 183 Å². The molecule has 0 radical (unpaired) electrons. The van der Waals surface area contributed by atoms with Crippen molar-refractivity contribution in [3.63, 3.8) is 0 Å². The molecule has 1 saturated heterocycles. The summed E-state index contributed by atoms with van der Waals surface area (Å²) in [6.07, 6.45) is 1.56. The van der Waals surface area contributed by atoms with Gasteiger partial charge in [0.05, 0.1) is 17.1 Å². The van der Waals surface area contributed by atoms with Gasteiger partial charge < -0.3 is 9.57 Å². The van der Waals surface area contributed by atoms with Crippen molar-refractivity contribution in [2.75, 3.05) is 12.4 Å². The van der Waals surface area contributed by atoms with Gasteiger partial charge in [0, 0.05) is 34.7 Å². The molecule has 0 spiro atoms. The number of hydrogen-bond donors (Lipinski definition) is 1. The van der Waals surface area contributed by atoms with E-state index in [0.29, 0.717) is 23.8 Å². The first-order valence-electron chi connectivity index (χ1n) is 12.7. The molecule has 230 valence electrons. The van der Waals surface area contributed by atoms with Crippen LogP contribution in [0.3, 0.4) is 0 Å². The van der Waals surface area contributed by atoms with Crippen LogP contribution in [-0.2, 0) is 34.1 Å². The summed E-state index contributed by atoms with van der Waals surface area (Å²) in [5.74, 6) is -2.26. The first-order chi connectivity index (χ1) is 18.9. The number of nitro groups is 1. The van der Waals surface area contributed by atoms with Crippen LogP contribution in [0.1, 0.15) is 66.7 Å². The smallest absolute Gasteiger partial charge is 0.353 e. The predicted octanol–water partition coefficient (Wildman–Crippen LogP) is 4.46. The minimum atomic E-state index is -4.85. The van der Waals surface area contributed by atoms with Gasteiger partial charge in [-0.1, -0.05) is 17.7 Å². The summed E-state index contributed by atoms with van der Waals surface area (Å²) in [5, 5.41) is 9.64. The largest absolute Gasteiger partial charge is 0.373 e. The maximum atomic E-state index is 12.5. The molecule has 2 atom stereocenters. The highest BCUT2D eigenvalue weighted by Crippen LogP contribution is 2.37. The van der Waals surface area contributed by atoms with E-state index < -0.39 is 48.4 Å². The third kappa shape index (κ3) is 11.7. The summed E-state index contributed by atoms with van der Waals surface area (Å²) in [6, 6.07) is 2.99. The highest BCUT2D eigenvalue weighted by atomic mass is 33.1. The molecule has 1 aliphatic rings. The van der Waals surface area contributed by atoms with Gasteiger partial charge in [-0.05, 0) is 63.8 Å².